The summed E-state index contributed by atoms with van der Waals surface area (Å²) in [4.78, 5) is 38.5. The number of rotatable bonds is 1. The molecule has 2 aliphatic heterocycles. The third kappa shape index (κ3) is 2.39. The van der Waals surface area contributed by atoms with Crippen LogP contribution in [-0.2, 0) is 9.59 Å². The summed E-state index contributed by atoms with van der Waals surface area (Å²) in [5.41, 5.74) is -0.414. The van der Waals surface area contributed by atoms with Crippen LogP contribution in [0.1, 0.15) is 27.2 Å². The molecular formula is C12H18N2O3S. The van der Waals surface area contributed by atoms with E-state index in [2.05, 4.69) is 0 Å². The lowest BCUT2D eigenvalue weighted by atomic mass is 9.95. The lowest BCUT2D eigenvalue weighted by molar-refractivity contribution is -0.139. The fourth-order valence-corrected chi connectivity index (χ4v) is 3.10. The van der Waals surface area contributed by atoms with Gasteiger partial charge in [0.15, 0.2) is 0 Å². The molecule has 0 aliphatic carbocycles. The second kappa shape index (κ2) is 4.57. The molecule has 1 atom stereocenters. The fourth-order valence-electron chi connectivity index (χ4n) is 2.33. The topological polar surface area (TPSA) is 57.7 Å². The van der Waals surface area contributed by atoms with Crippen molar-refractivity contribution in [2.75, 3.05) is 18.8 Å². The number of imide groups is 1. The Balaban J connectivity index is 2.03. The Kier molecular flexibility index (Phi) is 3.40. The highest BCUT2D eigenvalue weighted by Gasteiger charge is 2.41. The molecule has 5 nitrogen and oxygen atoms in total. The van der Waals surface area contributed by atoms with Crippen molar-refractivity contribution < 1.29 is 14.4 Å². The summed E-state index contributed by atoms with van der Waals surface area (Å²) in [5.74, 6) is 0.194. The molecule has 3 amide bonds. The lowest BCUT2D eigenvalue weighted by Gasteiger charge is -2.26. The lowest BCUT2D eigenvalue weighted by Crippen LogP contribution is -2.43. The molecule has 2 aliphatic rings. The van der Waals surface area contributed by atoms with Gasteiger partial charge in [0.1, 0.15) is 0 Å². The minimum absolute atomic E-state index is 0.0803. The number of likely N-dealkylation sites (tertiary alicyclic amines) is 1. The number of thioether (sulfide) groups is 1. The molecule has 6 heteroatoms. The van der Waals surface area contributed by atoms with Crippen molar-refractivity contribution in [3.05, 3.63) is 0 Å². The van der Waals surface area contributed by atoms with Gasteiger partial charge in [0.05, 0.1) is 11.8 Å². The van der Waals surface area contributed by atoms with Crippen LogP contribution < -0.4 is 0 Å². The number of hydrogen-bond acceptors (Lipinski definition) is 4. The highest BCUT2D eigenvalue weighted by molar-refractivity contribution is 8.14. The SMILES string of the molecule is CC(C)(C)C(=O)N1CCC(N2C(=O)CSC2=O)C1. The zero-order valence-electron chi connectivity index (χ0n) is 10.9. The van der Waals surface area contributed by atoms with Gasteiger partial charge in [-0.25, -0.2) is 0 Å². The van der Waals surface area contributed by atoms with Gasteiger partial charge in [0.2, 0.25) is 11.8 Å². The Bertz CT molecular complexity index is 387. The van der Waals surface area contributed by atoms with Gasteiger partial charge in [-0.1, -0.05) is 32.5 Å². The van der Waals surface area contributed by atoms with Crippen molar-refractivity contribution >= 4 is 28.8 Å². The fraction of sp³-hybridized carbons (Fsp3) is 0.750. The van der Waals surface area contributed by atoms with Crippen molar-refractivity contribution in [1.82, 2.24) is 9.80 Å². The van der Waals surface area contributed by atoms with Crippen molar-refractivity contribution in [3.63, 3.8) is 0 Å². The molecule has 2 saturated heterocycles. The van der Waals surface area contributed by atoms with Crippen molar-refractivity contribution in [1.29, 1.82) is 0 Å². The smallest absolute Gasteiger partial charge is 0.289 e. The van der Waals surface area contributed by atoms with Crippen molar-refractivity contribution in [3.8, 4) is 0 Å². The van der Waals surface area contributed by atoms with Crippen molar-refractivity contribution in [2.24, 2.45) is 5.41 Å². The zero-order chi connectivity index (χ0) is 13.5. The molecule has 100 valence electrons. The summed E-state index contributed by atoms with van der Waals surface area (Å²) in [5, 5.41) is -0.171. The Morgan fingerprint density at radius 2 is 2.00 bits per heavy atom. The van der Waals surface area contributed by atoms with E-state index in [1.54, 1.807) is 4.90 Å². The average molecular weight is 270 g/mol. The van der Waals surface area contributed by atoms with Crippen LogP contribution in [0.25, 0.3) is 0 Å². The number of carbonyl (C=O) groups is 3. The summed E-state index contributed by atoms with van der Waals surface area (Å²) in [7, 11) is 0. The quantitative estimate of drug-likeness (QED) is 0.721. The maximum atomic E-state index is 12.1. The second-order valence-electron chi connectivity index (χ2n) is 5.76. The zero-order valence-corrected chi connectivity index (χ0v) is 11.7. The Morgan fingerprint density at radius 1 is 1.33 bits per heavy atom. The van der Waals surface area contributed by atoms with Crippen LogP contribution >= 0.6 is 11.8 Å². The first-order valence-electron chi connectivity index (χ1n) is 6.09. The molecular weight excluding hydrogens is 252 g/mol. The molecule has 0 saturated carbocycles. The predicted molar refractivity (Wildman–Crippen MR) is 69.1 cm³/mol. The van der Waals surface area contributed by atoms with Crippen LogP contribution in [0.4, 0.5) is 4.79 Å². The molecule has 1 unspecified atom stereocenters. The molecule has 2 fully saturated rings. The van der Waals surface area contributed by atoms with E-state index >= 15 is 0 Å². The van der Waals surface area contributed by atoms with E-state index in [9.17, 15) is 14.4 Å². The maximum Gasteiger partial charge on any atom is 0.289 e. The first-order valence-corrected chi connectivity index (χ1v) is 7.07. The molecule has 0 radical (unpaired) electrons. The van der Waals surface area contributed by atoms with E-state index < -0.39 is 5.41 Å². The third-order valence-electron chi connectivity index (χ3n) is 3.24. The highest BCUT2D eigenvalue weighted by Crippen LogP contribution is 2.28. The molecule has 0 aromatic heterocycles. The minimum Gasteiger partial charge on any atom is -0.340 e. The molecule has 0 bridgehead atoms. The molecule has 0 spiro atoms. The first-order chi connectivity index (χ1) is 8.30. The van der Waals surface area contributed by atoms with Gasteiger partial charge in [-0.15, -0.1) is 0 Å². The normalized spacial score (nSPS) is 25.2. The summed E-state index contributed by atoms with van der Waals surface area (Å²) in [6.07, 6.45) is 0.694. The molecule has 2 rings (SSSR count). The maximum absolute atomic E-state index is 12.1. The second-order valence-corrected chi connectivity index (χ2v) is 6.69. The number of amides is 3. The van der Waals surface area contributed by atoms with Crippen molar-refractivity contribution in [2.45, 2.75) is 33.2 Å². The van der Waals surface area contributed by atoms with E-state index in [0.29, 0.717) is 19.5 Å². The summed E-state index contributed by atoms with van der Waals surface area (Å²) >= 11 is 1.05. The molecule has 0 aromatic carbocycles. The number of nitrogens with zero attached hydrogens (tertiary/aromatic N) is 2. The van der Waals surface area contributed by atoms with E-state index in [4.69, 9.17) is 0 Å². The Labute approximate surface area is 111 Å². The number of hydrogen-bond donors (Lipinski definition) is 0. The molecule has 2 heterocycles. The van der Waals surface area contributed by atoms with Gasteiger partial charge in [0, 0.05) is 18.5 Å². The van der Waals surface area contributed by atoms with Crippen LogP contribution in [-0.4, -0.2) is 51.7 Å². The first kappa shape index (κ1) is 13.4. The number of carbonyl (C=O) groups excluding carboxylic acids is 3. The highest BCUT2D eigenvalue weighted by atomic mass is 32.2. The monoisotopic (exact) mass is 270 g/mol. The van der Waals surface area contributed by atoms with Crippen LogP contribution in [0.15, 0.2) is 0 Å². The largest absolute Gasteiger partial charge is 0.340 e. The molecule has 0 aromatic rings. The van der Waals surface area contributed by atoms with E-state index in [0.717, 1.165) is 11.8 Å². The third-order valence-corrected chi connectivity index (χ3v) is 4.08. The standard InChI is InChI=1S/C12H18N2O3S/c1-12(2,3)10(16)13-5-4-8(6-13)14-9(15)7-18-11(14)17/h8H,4-7H2,1-3H3. The van der Waals surface area contributed by atoms with E-state index in [1.807, 2.05) is 20.8 Å². The van der Waals surface area contributed by atoms with Gasteiger partial charge in [-0.05, 0) is 6.42 Å². The van der Waals surface area contributed by atoms with Gasteiger partial charge in [-0.3, -0.25) is 19.3 Å². The molecule has 0 N–H and O–H groups in total. The van der Waals surface area contributed by atoms with Crippen LogP contribution in [0, 0.1) is 5.41 Å². The average Bonchev–Trinajstić information content (AvgIpc) is 2.83. The summed E-state index contributed by atoms with van der Waals surface area (Å²) in [6, 6.07) is -0.133. The minimum atomic E-state index is -0.414. The summed E-state index contributed by atoms with van der Waals surface area (Å²) in [6.45, 7) is 6.75. The Hall–Kier alpha value is -1.04. The van der Waals surface area contributed by atoms with Crippen LogP contribution in [0.2, 0.25) is 0 Å². The summed E-state index contributed by atoms with van der Waals surface area (Å²) < 4.78 is 0. The van der Waals surface area contributed by atoms with Crippen LogP contribution in [0.5, 0.6) is 0 Å². The predicted octanol–water partition coefficient (Wildman–Crippen LogP) is 1.33. The van der Waals surface area contributed by atoms with Crippen LogP contribution in [0.3, 0.4) is 0 Å². The van der Waals surface area contributed by atoms with Gasteiger partial charge < -0.3 is 4.90 Å². The van der Waals surface area contributed by atoms with E-state index in [-0.39, 0.29) is 28.8 Å². The van der Waals surface area contributed by atoms with Gasteiger partial charge in [-0.2, -0.15) is 0 Å². The van der Waals surface area contributed by atoms with Gasteiger partial charge in [0.25, 0.3) is 5.24 Å². The molecule has 18 heavy (non-hydrogen) atoms. The van der Waals surface area contributed by atoms with Gasteiger partial charge >= 0.3 is 0 Å². The Morgan fingerprint density at radius 3 is 2.50 bits per heavy atom. The van der Waals surface area contributed by atoms with E-state index in [1.165, 1.54) is 4.90 Å².